The second-order valence-electron chi connectivity index (χ2n) is 6.74. The van der Waals surface area contributed by atoms with Crippen LogP contribution in [0.15, 0.2) is 48.5 Å². The molecule has 28 heavy (non-hydrogen) atoms. The van der Waals surface area contributed by atoms with Crippen molar-refractivity contribution in [1.29, 1.82) is 0 Å². The molecule has 0 bridgehead atoms. The van der Waals surface area contributed by atoms with Gasteiger partial charge in [0.1, 0.15) is 6.61 Å². The van der Waals surface area contributed by atoms with Gasteiger partial charge in [-0.05, 0) is 36.6 Å². The van der Waals surface area contributed by atoms with E-state index < -0.39 is 0 Å². The number of Topliss-reactive ketones (excluding diaryl/α,β-unsaturated/α-hetero) is 1. The van der Waals surface area contributed by atoms with Gasteiger partial charge in [-0.3, -0.25) is 4.79 Å². The number of piperidine rings is 1. The largest absolute Gasteiger partial charge is 0.493 e. The number of hydrogen-bond donors (Lipinski definition) is 0. The maximum atomic E-state index is 12.8. The average Bonchev–Trinajstić information content (AvgIpc) is 2.77. The highest BCUT2D eigenvalue weighted by atomic mass is 16.6. The van der Waals surface area contributed by atoms with Crippen molar-refractivity contribution in [2.24, 2.45) is 5.92 Å². The predicted octanol–water partition coefficient (Wildman–Crippen LogP) is 3.94. The smallest absolute Gasteiger partial charge is 0.410 e. The van der Waals surface area contributed by atoms with Gasteiger partial charge in [0, 0.05) is 24.6 Å². The third kappa shape index (κ3) is 4.63. The minimum atomic E-state index is -0.333. The zero-order chi connectivity index (χ0) is 19.9. The van der Waals surface area contributed by atoms with Gasteiger partial charge in [0.25, 0.3) is 0 Å². The second-order valence-corrected chi connectivity index (χ2v) is 6.74. The number of ether oxygens (including phenoxy) is 3. The normalized spacial score (nSPS) is 14.4. The van der Waals surface area contributed by atoms with E-state index in [4.69, 9.17) is 14.2 Å². The quantitative estimate of drug-likeness (QED) is 0.707. The van der Waals surface area contributed by atoms with Crippen molar-refractivity contribution in [2.75, 3.05) is 27.3 Å². The molecule has 1 aliphatic heterocycles. The molecule has 0 saturated carbocycles. The van der Waals surface area contributed by atoms with Gasteiger partial charge in [-0.2, -0.15) is 0 Å². The Hall–Kier alpha value is -3.02. The molecule has 1 aliphatic rings. The van der Waals surface area contributed by atoms with Crippen LogP contribution in [-0.4, -0.2) is 44.1 Å². The van der Waals surface area contributed by atoms with Crippen molar-refractivity contribution < 1.29 is 23.8 Å². The lowest BCUT2D eigenvalue weighted by atomic mass is 9.89. The van der Waals surface area contributed by atoms with Gasteiger partial charge in [0.2, 0.25) is 0 Å². The Kier molecular flexibility index (Phi) is 6.53. The van der Waals surface area contributed by atoms with Crippen LogP contribution >= 0.6 is 0 Å². The highest BCUT2D eigenvalue weighted by Gasteiger charge is 2.29. The summed E-state index contributed by atoms with van der Waals surface area (Å²) in [4.78, 5) is 26.8. The summed E-state index contributed by atoms with van der Waals surface area (Å²) in [5.41, 5.74) is 1.55. The first-order chi connectivity index (χ1) is 13.6. The molecule has 0 unspecified atom stereocenters. The molecule has 2 aromatic carbocycles. The van der Waals surface area contributed by atoms with Crippen molar-refractivity contribution in [1.82, 2.24) is 4.90 Å². The van der Waals surface area contributed by atoms with Gasteiger partial charge in [-0.1, -0.05) is 30.3 Å². The van der Waals surface area contributed by atoms with Crippen molar-refractivity contribution in [3.8, 4) is 11.5 Å². The Labute approximate surface area is 165 Å². The van der Waals surface area contributed by atoms with Crippen LogP contribution in [0.4, 0.5) is 4.79 Å². The van der Waals surface area contributed by atoms with E-state index in [1.807, 2.05) is 30.3 Å². The summed E-state index contributed by atoms with van der Waals surface area (Å²) in [6.45, 7) is 1.28. The van der Waals surface area contributed by atoms with E-state index in [0.29, 0.717) is 43.0 Å². The zero-order valence-corrected chi connectivity index (χ0v) is 16.2. The summed E-state index contributed by atoms with van der Waals surface area (Å²) >= 11 is 0. The summed E-state index contributed by atoms with van der Waals surface area (Å²) in [6, 6.07) is 14.8. The highest BCUT2D eigenvalue weighted by molar-refractivity contribution is 5.98. The number of benzene rings is 2. The molecule has 2 aromatic rings. The van der Waals surface area contributed by atoms with Crippen LogP contribution in [0.3, 0.4) is 0 Å². The third-order valence-corrected chi connectivity index (χ3v) is 5.00. The van der Waals surface area contributed by atoms with Crippen molar-refractivity contribution in [3.63, 3.8) is 0 Å². The molecule has 0 aromatic heterocycles. The number of amides is 1. The van der Waals surface area contributed by atoms with Gasteiger partial charge < -0.3 is 19.1 Å². The van der Waals surface area contributed by atoms with E-state index in [2.05, 4.69) is 0 Å². The van der Waals surface area contributed by atoms with Crippen LogP contribution in [0.2, 0.25) is 0 Å². The van der Waals surface area contributed by atoms with Crippen LogP contribution in [-0.2, 0) is 11.3 Å². The van der Waals surface area contributed by atoms with Crippen LogP contribution < -0.4 is 9.47 Å². The summed E-state index contributed by atoms with van der Waals surface area (Å²) in [5, 5.41) is 0. The number of rotatable bonds is 6. The molecule has 0 atom stereocenters. The van der Waals surface area contributed by atoms with E-state index in [-0.39, 0.29) is 24.4 Å². The van der Waals surface area contributed by atoms with E-state index in [9.17, 15) is 9.59 Å². The molecule has 148 valence electrons. The summed E-state index contributed by atoms with van der Waals surface area (Å²) in [6.07, 6.45) is 0.905. The standard InChI is InChI=1S/C22H25NO5/c1-26-19-9-8-18(14-20(19)27-2)21(24)17-10-12-23(13-11-17)22(25)28-15-16-6-4-3-5-7-16/h3-9,14,17H,10-13,15H2,1-2H3. The van der Waals surface area contributed by atoms with Crippen LogP contribution in [0.1, 0.15) is 28.8 Å². The summed E-state index contributed by atoms with van der Waals surface area (Å²) in [5.74, 6) is 1.08. The number of carbonyl (C=O) groups is 2. The molecule has 1 saturated heterocycles. The maximum Gasteiger partial charge on any atom is 0.410 e. The molecule has 3 rings (SSSR count). The van der Waals surface area contributed by atoms with Crippen molar-refractivity contribution in [3.05, 3.63) is 59.7 Å². The highest BCUT2D eigenvalue weighted by Crippen LogP contribution is 2.30. The Morgan fingerprint density at radius 1 is 0.964 bits per heavy atom. The second kappa shape index (κ2) is 9.26. The molecule has 6 nitrogen and oxygen atoms in total. The molecular weight excluding hydrogens is 358 g/mol. The van der Waals surface area contributed by atoms with Gasteiger partial charge in [0.15, 0.2) is 17.3 Å². The molecule has 0 spiro atoms. The third-order valence-electron chi connectivity index (χ3n) is 5.00. The van der Waals surface area contributed by atoms with Crippen molar-refractivity contribution >= 4 is 11.9 Å². The van der Waals surface area contributed by atoms with Crippen LogP contribution in [0.5, 0.6) is 11.5 Å². The lowest BCUT2D eigenvalue weighted by molar-refractivity contribution is 0.0713. The Bertz CT molecular complexity index is 813. The number of carbonyl (C=O) groups excluding carboxylic acids is 2. The molecular formula is C22H25NO5. The summed E-state index contributed by atoms with van der Waals surface area (Å²) in [7, 11) is 3.11. The average molecular weight is 383 g/mol. The van der Waals surface area contributed by atoms with Crippen LogP contribution in [0, 0.1) is 5.92 Å². The lowest BCUT2D eigenvalue weighted by Crippen LogP contribution is -2.40. The molecule has 1 amide bonds. The first-order valence-electron chi connectivity index (χ1n) is 9.34. The fraction of sp³-hybridized carbons (Fsp3) is 0.364. The minimum absolute atomic E-state index is 0.0678. The molecule has 6 heteroatoms. The van der Waals surface area contributed by atoms with Gasteiger partial charge in [-0.25, -0.2) is 4.79 Å². The Morgan fingerprint density at radius 3 is 2.29 bits per heavy atom. The maximum absolute atomic E-state index is 12.8. The first-order valence-corrected chi connectivity index (χ1v) is 9.34. The first kappa shape index (κ1) is 19.7. The van der Waals surface area contributed by atoms with Crippen molar-refractivity contribution in [2.45, 2.75) is 19.4 Å². The Balaban J connectivity index is 1.53. The van der Waals surface area contributed by atoms with E-state index in [1.165, 1.54) is 0 Å². The monoisotopic (exact) mass is 383 g/mol. The topological polar surface area (TPSA) is 65.1 Å². The minimum Gasteiger partial charge on any atom is -0.493 e. The van der Waals surface area contributed by atoms with E-state index in [0.717, 1.165) is 5.56 Å². The Morgan fingerprint density at radius 2 is 1.64 bits per heavy atom. The molecule has 1 heterocycles. The predicted molar refractivity (Wildman–Crippen MR) is 105 cm³/mol. The number of nitrogens with zero attached hydrogens (tertiary/aromatic N) is 1. The summed E-state index contributed by atoms with van der Waals surface area (Å²) < 4.78 is 15.9. The SMILES string of the molecule is COc1ccc(C(=O)C2CCN(C(=O)OCc3ccccc3)CC2)cc1OC. The number of hydrogen-bond acceptors (Lipinski definition) is 5. The fourth-order valence-corrected chi connectivity index (χ4v) is 3.36. The van der Waals surface area contributed by atoms with Crippen LogP contribution in [0.25, 0.3) is 0 Å². The molecule has 0 N–H and O–H groups in total. The van der Waals surface area contributed by atoms with Gasteiger partial charge in [0.05, 0.1) is 14.2 Å². The van der Waals surface area contributed by atoms with E-state index in [1.54, 1.807) is 37.3 Å². The number of likely N-dealkylation sites (tertiary alicyclic amines) is 1. The zero-order valence-electron chi connectivity index (χ0n) is 16.2. The van der Waals surface area contributed by atoms with E-state index >= 15 is 0 Å². The molecule has 1 fully saturated rings. The molecule has 0 aliphatic carbocycles. The fourth-order valence-electron chi connectivity index (χ4n) is 3.36. The number of methoxy groups -OCH3 is 2. The number of ketones is 1. The molecule has 0 radical (unpaired) electrons. The van der Waals surface area contributed by atoms with Gasteiger partial charge in [-0.15, -0.1) is 0 Å². The van der Waals surface area contributed by atoms with Gasteiger partial charge >= 0.3 is 6.09 Å². The lowest BCUT2D eigenvalue weighted by Gasteiger charge is -2.30.